The fourth-order valence-electron chi connectivity index (χ4n) is 0.753. The molecule has 0 amide bonds. The highest BCUT2D eigenvalue weighted by molar-refractivity contribution is 5.83. The molecule has 4 nitrogen and oxygen atoms in total. The molecule has 0 bridgehead atoms. The first kappa shape index (κ1) is 7.53. The fourth-order valence-corrected chi connectivity index (χ4v) is 0.753. The summed E-state index contributed by atoms with van der Waals surface area (Å²) >= 11 is 0. The van der Waals surface area contributed by atoms with Crippen LogP contribution in [0.2, 0.25) is 0 Å². The lowest BCUT2D eigenvalue weighted by atomic mass is 10.4. The van der Waals surface area contributed by atoms with E-state index >= 15 is 0 Å². The predicted octanol–water partition coefficient (Wildman–Crippen LogP) is -0.269. The Balaban J connectivity index is 3.12. The number of carbonyl (C=O) groups is 1. The van der Waals surface area contributed by atoms with Crippen LogP contribution in [0.4, 0.5) is 0 Å². The Morgan fingerprint density at radius 1 is 1.64 bits per heavy atom. The lowest BCUT2D eigenvalue weighted by molar-refractivity contribution is -0.886. The molecule has 1 heterocycles. The number of pyridine rings is 1. The zero-order valence-corrected chi connectivity index (χ0v) is 6.02. The van der Waals surface area contributed by atoms with Crippen molar-refractivity contribution in [2.75, 3.05) is 7.11 Å². The Hall–Kier alpha value is -1.58. The summed E-state index contributed by atoms with van der Waals surface area (Å²) in [6, 6.07) is 4.79. The van der Waals surface area contributed by atoms with Crippen molar-refractivity contribution < 1.29 is 19.5 Å². The number of carboxylic acid groups (broad SMARTS) is 1. The molecule has 0 unspecified atom stereocenters. The third-order valence-corrected chi connectivity index (χ3v) is 1.24. The van der Waals surface area contributed by atoms with Gasteiger partial charge >= 0.3 is 11.7 Å². The lowest BCUT2D eigenvalue weighted by Gasteiger charge is -1.92. The van der Waals surface area contributed by atoms with E-state index in [4.69, 9.17) is 9.94 Å². The Bertz CT molecular complexity index is 272. The van der Waals surface area contributed by atoms with E-state index in [2.05, 4.69) is 0 Å². The summed E-state index contributed by atoms with van der Waals surface area (Å²) in [5.74, 6) is -1.01. The number of hydrogen-bond acceptors (Lipinski definition) is 2. The first-order chi connectivity index (χ1) is 5.25. The topological polar surface area (TPSA) is 50.4 Å². The molecule has 0 spiro atoms. The van der Waals surface area contributed by atoms with Gasteiger partial charge in [-0.3, -0.25) is 4.84 Å². The minimum Gasteiger partial charge on any atom is -0.473 e. The second-order valence-corrected chi connectivity index (χ2v) is 1.90. The van der Waals surface area contributed by atoms with Gasteiger partial charge in [0.15, 0.2) is 0 Å². The average molecular weight is 154 g/mol. The molecule has 0 aliphatic rings. The maximum absolute atomic E-state index is 10.5. The van der Waals surface area contributed by atoms with Crippen molar-refractivity contribution in [1.29, 1.82) is 0 Å². The number of rotatable bonds is 2. The fraction of sp³-hybridized carbons (Fsp3) is 0.143. The summed E-state index contributed by atoms with van der Waals surface area (Å²) in [6.07, 6.45) is 1.53. The molecule has 0 aliphatic carbocycles. The molecule has 1 aromatic rings. The van der Waals surface area contributed by atoms with Crippen molar-refractivity contribution in [3.63, 3.8) is 0 Å². The molecule has 1 aromatic heterocycles. The van der Waals surface area contributed by atoms with Gasteiger partial charge in [0.25, 0.3) is 0 Å². The lowest BCUT2D eigenvalue weighted by Crippen LogP contribution is -2.45. The zero-order valence-electron chi connectivity index (χ0n) is 6.02. The molecule has 1 rings (SSSR count). The number of carboxylic acids is 1. The van der Waals surface area contributed by atoms with Crippen molar-refractivity contribution in [1.82, 2.24) is 0 Å². The van der Waals surface area contributed by atoms with Crippen molar-refractivity contribution in [3.05, 3.63) is 30.1 Å². The van der Waals surface area contributed by atoms with Crippen LogP contribution in [0.3, 0.4) is 0 Å². The summed E-state index contributed by atoms with van der Waals surface area (Å²) in [4.78, 5) is 15.2. The number of nitrogens with zero attached hydrogens (tertiary/aromatic N) is 1. The van der Waals surface area contributed by atoms with E-state index in [1.165, 1.54) is 24.1 Å². The van der Waals surface area contributed by atoms with Crippen LogP contribution in [0.5, 0.6) is 0 Å². The highest BCUT2D eigenvalue weighted by Gasteiger charge is 2.17. The van der Waals surface area contributed by atoms with E-state index in [-0.39, 0.29) is 5.69 Å². The van der Waals surface area contributed by atoms with Crippen LogP contribution in [0, 0.1) is 0 Å². The Labute approximate surface area is 63.6 Å². The molecule has 0 radical (unpaired) electrons. The maximum Gasteiger partial charge on any atom is 0.406 e. The highest BCUT2D eigenvalue weighted by atomic mass is 16.6. The molecule has 1 N–H and O–H groups in total. The third-order valence-electron chi connectivity index (χ3n) is 1.24. The molecular formula is C7H8NO3+. The number of hydrogen-bond donors (Lipinski definition) is 1. The van der Waals surface area contributed by atoms with Gasteiger partial charge in [-0.2, -0.15) is 0 Å². The smallest absolute Gasteiger partial charge is 0.406 e. The number of aromatic carboxylic acids is 1. The first-order valence-corrected chi connectivity index (χ1v) is 3.04. The van der Waals surface area contributed by atoms with Crippen LogP contribution >= 0.6 is 0 Å². The molecule has 0 aromatic carbocycles. The van der Waals surface area contributed by atoms with E-state index in [0.29, 0.717) is 0 Å². The molecule has 0 saturated carbocycles. The minimum atomic E-state index is -1.01. The van der Waals surface area contributed by atoms with E-state index in [1.807, 2.05) is 0 Å². The minimum absolute atomic E-state index is 0.106. The standard InChI is InChI=1S/C7H7NO3/c1-11-8-5-3-2-4-6(8)7(9)10/h2-5H,1H3/p+1. The van der Waals surface area contributed by atoms with Gasteiger partial charge in [0.1, 0.15) is 7.11 Å². The van der Waals surface area contributed by atoms with Gasteiger partial charge in [0, 0.05) is 16.9 Å². The normalized spacial score (nSPS) is 9.18. The van der Waals surface area contributed by atoms with Crippen molar-refractivity contribution in [2.45, 2.75) is 0 Å². The van der Waals surface area contributed by atoms with Crippen molar-refractivity contribution in [3.8, 4) is 0 Å². The third kappa shape index (κ3) is 1.46. The second-order valence-electron chi connectivity index (χ2n) is 1.90. The summed E-state index contributed by atoms with van der Waals surface area (Å²) in [5, 5.41) is 8.60. The van der Waals surface area contributed by atoms with Crippen LogP contribution < -0.4 is 9.57 Å². The Morgan fingerprint density at radius 2 is 2.36 bits per heavy atom. The van der Waals surface area contributed by atoms with Gasteiger partial charge in [-0.25, -0.2) is 4.79 Å². The monoisotopic (exact) mass is 154 g/mol. The summed E-state index contributed by atoms with van der Waals surface area (Å²) < 4.78 is 1.18. The van der Waals surface area contributed by atoms with Crippen molar-refractivity contribution >= 4 is 5.97 Å². The van der Waals surface area contributed by atoms with E-state index in [9.17, 15) is 4.79 Å². The van der Waals surface area contributed by atoms with Gasteiger partial charge in [0.05, 0.1) is 0 Å². The quantitative estimate of drug-likeness (QED) is 0.596. The van der Waals surface area contributed by atoms with E-state index in [1.54, 1.807) is 12.1 Å². The maximum atomic E-state index is 10.5. The first-order valence-electron chi connectivity index (χ1n) is 3.04. The highest BCUT2D eigenvalue weighted by Crippen LogP contribution is 1.88. The van der Waals surface area contributed by atoms with Crippen molar-refractivity contribution in [2.24, 2.45) is 0 Å². The average Bonchev–Trinajstić information content (AvgIpc) is 2.04. The molecule has 0 aliphatic heterocycles. The SMILES string of the molecule is CO[n+]1ccccc1C(=O)O. The van der Waals surface area contributed by atoms with Crippen LogP contribution in [-0.2, 0) is 0 Å². The van der Waals surface area contributed by atoms with Gasteiger partial charge < -0.3 is 5.11 Å². The van der Waals surface area contributed by atoms with Gasteiger partial charge in [-0.05, 0) is 6.07 Å². The second kappa shape index (κ2) is 3.01. The molecule has 58 valence electrons. The van der Waals surface area contributed by atoms with Crippen LogP contribution in [-0.4, -0.2) is 18.2 Å². The predicted molar refractivity (Wildman–Crippen MR) is 36.1 cm³/mol. The number of aromatic nitrogens is 1. The van der Waals surface area contributed by atoms with E-state index in [0.717, 1.165) is 0 Å². The molecule has 4 heteroatoms. The van der Waals surface area contributed by atoms with Crippen LogP contribution in [0.15, 0.2) is 24.4 Å². The van der Waals surface area contributed by atoms with E-state index < -0.39 is 5.97 Å². The molecule has 0 fully saturated rings. The molecule has 0 atom stereocenters. The van der Waals surface area contributed by atoms with Gasteiger partial charge in [-0.1, -0.05) is 0 Å². The summed E-state index contributed by atoms with van der Waals surface area (Å²) in [7, 11) is 1.41. The van der Waals surface area contributed by atoms with Crippen LogP contribution in [0.1, 0.15) is 10.5 Å². The Kier molecular flexibility index (Phi) is 2.06. The Morgan fingerprint density at radius 3 is 2.82 bits per heavy atom. The molecule has 11 heavy (non-hydrogen) atoms. The molecular weight excluding hydrogens is 146 g/mol. The van der Waals surface area contributed by atoms with Gasteiger partial charge in [-0.15, -0.1) is 0 Å². The van der Waals surface area contributed by atoms with Crippen LogP contribution in [0.25, 0.3) is 0 Å². The summed E-state index contributed by atoms with van der Waals surface area (Å²) in [5.41, 5.74) is 0.106. The zero-order chi connectivity index (χ0) is 8.27. The van der Waals surface area contributed by atoms with Gasteiger partial charge in [0.2, 0.25) is 6.20 Å². The molecule has 0 saturated heterocycles. The largest absolute Gasteiger partial charge is 0.473 e. The summed E-state index contributed by atoms with van der Waals surface area (Å²) in [6.45, 7) is 0.